The Kier molecular flexibility index (Phi) is 6.31. The van der Waals surface area contributed by atoms with E-state index in [4.69, 9.17) is 14.6 Å². The van der Waals surface area contributed by atoms with Crippen LogP contribution < -0.4 is 9.47 Å². The maximum absolute atomic E-state index is 11.0. The summed E-state index contributed by atoms with van der Waals surface area (Å²) in [5.41, 5.74) is 4.04. The SMILES string of the molecule is O=C(O)c1ccc(CC2CCN(Cc3ccc([C@H]4COc5ccccc5O4)cc3)CC2)cc1. The molecule has 0 spiro atoms. The first kappa shape index (κ1) is 21.5. The molecule has 1 saturated heterocycles. The average molecular weight is 444 g/mol. The molecule has 1 N–H and O–H groups in total. The van der Waals surface area contributed by atoms with Gasteiger partial charge < -0.3 is 14.6 Å². The Hall–Kier alpha value is -3.31. The third-order valence-electron chi connectivity index (χ3n) is 6.70. The van der Waals surface area contributed by atoms with Crippen LogP contribution >= 0.6 is 0 Å². The van der Waals surface area contributed by atoms with Crippen molar-refractivity contribution in [1.82, 2.24) is 4.90 Å². The number of rotatable bonds is 6. The Labute approximate surface area is 194 Å². The molecule has 3 aromatic carbocycles. The standard InChI is InChI=1S/C28H29NO4/c30-28(31)24-11-5-20(6-12-24)17-21-13-15-29(16-14-21)18-22-7-9-23(10-8-22)27-19-32-25-3-1-2-4-26(25)33-27/h1-12,21,27H,13-19H2,(H,30,31)/t27-/m1/s1. The van der Waals surface area contributed by atoms with Gasteiger partial charge in [-0.25, -0.2) is 4.79 Å². The van der Waals surface area contributed by atoms with Crippen LogP contribution in [-0.2, 0) is 13.0 Å². The van der Waals surface area contributed by atoms with Crippen LogP contribution in [0.15, 0.2) is 72.8 Å². The highest BCUT2D eigenvalue weighted by atomic mass is 16.6. The summed E-state index contributed by atoms with van der Waals surface area (Å²) in [4.78, 5) is 13.5. The van der Waals surface area contributed by atoms with E-state index in [2.05, 4.69) is 29.2 Å². The fourth-order valence-electron chi connectivity index (χ4n) is 4.75. The summed E-state index contributed by atoms with van der Waals surface area (Å²) >= 11 is 0. The summed E-state index contributed by atoms with van der Waals surface area (Å²) in [6.45, 7) is 3.68. The first-order chi connectivity index (χ1) is 16.1. The first-order valence-corrected chi connectivity index (χ1v) is 11.7. The van der Waals surface area contributed by atoms with Gasteiger partial charge in [-0.3, -0.25) is 4.90 Å². The van der Waals surface area contributed by atoms with Crippen molar-refractivity contribution in [2.24, 2.45) is 5.92 Å². The molecule has 2 aliphatic rings. The van der Waals surface area contributed by atoms with Gasteiger partial charge in [0, 0.05) is 6.54 Å². The van der Waals surface area contributed by atoms with E-state index in [1.165, 1.54) is 24.0 Å². The maximum atomic E-state index is 11.0. The third kappa shape index (κ3) is 5.20. The van der Waals surface area contributed by atoms with E-state index in [0.717, 1.165) is 43.1 Å². The molecule has 1 atom stereocenters. The first-order valence-electron chi connectivity index (χ1n) is 11.7. The number of benzene rings is 3. The number of para-hydroxylation sites is 2. The lowest BCUT2D eigenvalue weighted by Gasteiger charge is -2.32. The smallest absolute Gasteiger partial charge is 0.335 e. The topological polar surface area (TPSA) is 59.0 Å². The highest BCUT2D eigenvalue weighted by Crippen LogP contribution is 2.36. The molecular formula is C28H29NO4. The van der Waals surface area contributed by atoms with Crippen LogP contribution in [0.25, 0.3) is 0 Å². The van der Waals surface area contributed by atoms with Crippen molar-refractivity contribution >= 4 is 5.97 Å². The predicted octanol–water partition coefficient (Wildman–Crippen LogP) is 5.35. The van der Waals surface area contributed by atoms with Crippen LogP contribution in [-0.4, -0.2) is 35.7 Å². The van der Waals surface area contributed by atoms with Gasteiger partial charge in [0.15, 0.2) is 17.6 Å². The molecule has 5 rings (SSSR count). The molecule has 2 heterocycles. The molecule has 2 aliphatic heterocycles. The Bertz CT molecular complexity index is 1090. The summed E-state index contributed by atoms with van der Waals surface area (Å²) in [5, 5.41) is 9.05. The largest absolute Gasteiger partial charge is 0.485 e. The summed E-state index contributed by atoms with van der Waals surface area (Å²) in [6, 6.07) is 23.9. The van der Waals surface area contributed by atoms with E-state index in [0.29, 0.717) is 18.1 Å². The number of hydrogen-bond acceptors (Lipinski definition) is 4. The maximum Gasteiger partial charge on any atom is 0.335 e. The number of nitrogens with zero attached hydrogens (tertiary/aromatic N) is 1. The van der Waals surface area contributed by atoms with Crippen molar-refractivity contribution < 1.29 is 19.4 Å². The van der Waals surface area contributed by atoms with Crippen molar-refractivity contribution in [2.45, 2.75) is 31.9 Å². The minimum atomic E-state index is -0.868. The number of hydrogen-bond donors (Lipinski definition) is 1. The number of aromatic carboxylic acids is 1. The van der Waals surface area contributed by atoms with E-state index in [1.54, 1.807) is 12.1 Å². The van der Waals surface area contributed by atoms with E-state index in [9.17, 15) is 4.79 Å². The molecular weight excluding hydrogens is 414 g/mol. The van der Waals surface area contributed by atoms with Gasteiger partial charge in [-0.05, 0) is 79.2 Å². The molecule has 5 nitrogen and oxygen atoms in total. The summed E-state index contributed by atoms with van der Waals surface area (Å²) in [7, 11) is 0. The van der Waals surface area contributed by atoms with Gasteiger partial charge >= 0.3 is 5.97 Å². The molecule has 33 heavy (non-hydrogen) atoms. The van der Waals surface area contributed by atoms with Gasteiger partial charge in [0.1, 0.15) is 6.61 Å². The average Bonchev–Trinajstić information content (AvgIpc) is 2.86. The highest BCUT2D eigenvalue weighted by molar-refractivity contribution is 5.87. The zero-order valence-electron chi connectivity index (χ0n) is 18.7. The molecule has 0 unspecified atom stereocenters. The van der Waals surface area contributed by atoms with Crippen molar-refractivity contribution in [1.29, 1.82) is 0 Å². The monoisotopic (exact) mass is 443 g/mol. The zero-order valence-corrected chi connectivity index (χ0v) is 18.7. The third-order valence-corrected chi connectivity index (χ3v) is 6.70. The zero-order chi connectivity index (χ0) is 22.6. The molecule has 0 radical (unpaired) electrons. The Morgan fingerprint density at radius 3 is 2.24 bits per heavy atom. The van der Waals surface area contributed by atoms with Crippen molar-refractivity contribution in [3.05, 3.63) is 95.1 Å². The van der Waals surface area contributed by atoms with E-state index in [1.807, 2.05) is 36.4 Å². The minimum absolute atomic E-state index is 0.0748. The fourth-order valence-corrected chi connectivity index (χ4v) is 4.75. The van der Waals surface area contributed by atoms with Crippen LogP contribution in [0.4, 0.5) is 0 Å². The van der Waals surface area contributed by atoms with Crippen molar-refractivity contribution in [3.63, 3.8) is 0 Å². The van der Waals surface area contributed by atoms with Gasteiger partial charge in [-0.1, -0.05) is 48.5 Å². The lowest BCUT2D eigenvalue weighted by atomic mass is 9.89. The molecule has 0 aliphatic carbocycles. The molecule has 0 bridgehead atoms. The second-order valence-electron chi connectivity index (χ2n) is 9.03. The molecule has 1 fully saturated rings. The van der Waals surface area contributed by atoms with Gasteiger partial charge in [0.05, 0.1) is 5.56 Å². The normalized spacial score (nSPS) is 18.7. The highest BCUT2D eigenvalue weighted by Gasteiger charge is 2.23. The fraction of sp³-hybridized carbons (Fsp3) is 0.321. The van der Waals surface area contributed by atoms with Crippen LogP contribution in [0.5, 0.6) is 11.5 Å². The second-order valence-corrected chi connectivity index (χ2v) is 9.03. The number of carboxylic acid groups (broad SMARTS) is 1. The van der Waals surface area contributed by atoms with Crippen molar-refractivity contribution in [2.75, 3.05) is 19.7 Å². The minimum Gasteiger partial charge on any atom is -0.485 e. The van der Waals surface area contributed by atoms with Gasteiger partial charge in [-0.2, -0.15) is 0 Å². The number of fused-ring (bicyclic) bond motifs is 1. The number of piperidine rings is 1. The number of carbonyl (C=O) groups is 1. The van der Waals surface area contributed by atoms with Crippen LogP contribution in [0.1, 0.15) is 46.0 Å². The predicted molar refractivity (Wildman–Crippen MR) is 127 cm³/mol. The molecule has 0 saturated carbocycles. The quantitative estimate of drug-likeness (QED) is 0.556. The molecule has 3 aromatic rings. The Morgan fingerprint density at radius 1 is 0.879 bits per heavy atom. The molecule has 5 heteroatoms. The van der Waals surface area contributed by atoms with Crippen LogP contribution in [0, 0.1) is 5.92 Å². The lowest BCUT2D eigenvalue weighted by Crippen LogP contribution is -2.33. The van der Waals surface area contributed by atoms with E-state index < -0.39 is 5.97 Å². The summed E-state index contributed by atoms with van der Waals surface area (Å²) in [5.74, 6) is 1.41. The molecule has 170 valence electrons. The van der Waals surface area contributed by atoms with Crippen LogP contribution in [0.3, 0.4) is 0 Å². The number of carboxylic acids is 1. The van der Waals surface area contributed by atoms with Crippen molar-refractivity contribution in [3.8, 4) is 11.5 Å². The number of likely N-dealkylation sites (tertiary alicyclic amines) is 1. The Morgan fingerprint density at radius 2 is 1.55 bits per heavy atom. The lowest BCUT2D eigenvalue weighted by molar-refractivity contribution is 0.0697. The second kappa shape index (κ2) is 9.67. The van der Waals surface area contributed by atoms with Crippen LogP contribution in [0.2, 0.25) is 0 Å². The molecule has 0 aromatic heterocycles. The summed E-state index contributed by atoms with van der Waals surface area (Å²) < 4.78 is 12.0. The Balaban J connectivity index is 1.10. The van der Waals surface area contributed by atoms with Gasteiger partial charge in [0.2, 0.25) is 0 Å². The number of ether oxygens (including phenoxy) is 2. The molecule has 0 amide bonds. The van der Waals surface area contributed by atoms with Gasteiger partial charge in [-0.15, -0.1) is 0 Å². The summed E-state index contributed by atoms with van der Waals surface area (Å²) in [6.07, 6.45) is 3.29. The van der Waals surface area contributed by atoms with Gasteiger partial charge in [0.25, 0.3) is 0 Å². The van der Waals surface area contributed by atoms with E-state index in [-0.39, 0.29) is 6.10 Å². The van der Waals surface area contributed by atoms with E-state index >= 15 is 0 Å².